The molecule has 22 heavy (non-hydrogen) atoms. The fourth-order valence-electron chi connectivity index (χ4n) is 2.21. The number of nitrogens with zero attached hydrogens (tertiary/aromatic N) is 1. The second kappa shape index (κ2) is 8.10. The zero-order chi connectivity index (χ0) is 15.5. The first kappa shape index (κ1) is 19.2. The zero-order valence-electron chi connectivity index (χ0n) is 13.5. The Labute approximate surface area is 148 Å². The lowest BCUT2D eigenvalue weighted by atomic mass is 10.1. The molecule has 0 bridgehead atoms. The molecule has 1 fully saturated rings. The lowest BCUT2D eigenvalue weighted by molar-refractivity contribution is 0.0268. The van der Waals surface area contributed by atoms with E-state index in [2.05, 4.69) is 15.6 Å². The van der Waals surface area contributed by atoms with Crippen LogP contribution < -0.4 is 10.6 Å². The molecule has 0 heterocycles. The Hall–Kier alpha value is -0.890. The van der Waals surface area contributed by atoms with Crippen molar-refractivity contribution >= 4 is 29.9 Å². The molecule has 2 N–H and O–H groups in total. The van der Waals surface area contributed by atoms with Crippen LogP contribution in [0.4, 0.5) is 4.39 Å². The van der Waals surface area contributed by atoms with Gasteiger partial charge in [0, 0.05) is 32.7 Å². The van der Waals surface area contributed by atoms with Crippen molar-refractivity contribution in [2.45, 2.75) is 37.8 Å². The van der Waals surface area contributed by atoms with Crippen LogP contribution in [0.15, 0.2) is 29.3 Å². The molecule has 0 aliphatic heterocycles. The highest BCUT2D eigenvalue weighted by atomic mass is 127. The van der Waals surface area contributed by atoms with E-state index in [4.69, 9.17) is 4.74 Å². The van der Waals surface area contributed by atoms with Crippen LogP contribution in [-0.4, -0.2) is 38.3 Å². The number of benzene rings is 1. The fraction of sp³-hybridized carbons (Fsp3) is 0.562. The molecule has 0 saturated heterocycles. The van der Waals surface area contributed by atoms with Gasteiger partial charge in [0.05, 0.1) is 5.60 Å². The van der Waals surface area contributed by atoms with Crippen molar-refractivity contribution in [3.8, 4) is 0 Å². The minimum atomic E-state index is -0.258. The van der Waals surface area contributed by atoms with Crippen molar-refractivity contribution in [1.82, 2.24) is 10.6 Å². The van der Waals surface area contributed by atoms with Crippen molar-refractivity contribution in [2.75, 3.05) is 20.7 Å². The van der Waals surface area contributed by atoms with Gasteiger partial charge >= 0.3 is 0 Å². The number of halogens is 2. The maximum Gasteiger partial charge on any atom is 0.191 e. The number of aliphatic imine (C=N–C) groups is 1. The summed E-state index contributed by atoms with van der Waals surface area (Å²) < 4.78 is 19.1. The molecular formula is C16H25FIN3O. The molecule has 124 valence electrons. The summed E-state index contributed by atoms with van der Waals surface area (Å²) in [5.74, 6) is 0.819. The van der Waals surface area contributed by atoms with Crippen LogP contribution in [0.2, 0.25) is 0 Å². The molecule has 2 rings (SSSR count). The molecule has 1 aliphatic carbocycles. The highest BCUT2D eigenvalue weighted by Gasteiger charge is 2.40. The topological polar surface area (TPSA) is 45.7 Å². The van der Waals surface area contributed by atoms with Gasteiger partial charge in [-0.1, -0.05) is 18.2 Å². The second-order valence-electron chi connectivity index (χ2n) is 6.00. The number of hydrogen-bond donors (Lipinski definition) is 2. The van der Waals surface area contributed by atoms with Crippen molar-refractivity contribution in [3.63, 3.8) is 0 Å². The van der Waals surface area contributed by atoms with Gasteiger partial charge in [-0.25, -0.2) is 4.39 Å². The summed E-state index contributed by atoms with van der Waals surface area (Å²) in [5.41, 5.74) is 0.522. The molecular weight excluding hydrogens is 396 g/mol. The van der Waals surface area contributed by atoms with Crippen LogP contribution in [0.25, 0.3) is 0 Å². The molecule has 0 amide bonds. The monoisotopic (exact) mass is 421 g/mol. The Morgan fingerprint density at radius 3 is 2.68 bits per heavy atom. The van der Waals surface area contributed by atoms with Crippen molar-refractivity contribution in [2.24, 2.45) is 4.99 Å². The van der Waals surface area contributed by atoms with Crippen molar-refractivity contribution in [1.29, 1.82) is 0 Å². The number of hydrogen-bond acceptors (Lipinski definition) is 2. The molecule has 1 aliphatic rings. The van der Waals surface area contributed by atoms with E-state index in [1.165, 1.54) is 6.07 Å². The van der Waals surface area contributed by atoms with Crippen LogP contribution >= 0.6 is 24.0 Å². The molecule has 1 aromatic carbocycles. The number of nitrogens with one attached hydrogen (secondary N) is 2. The van der Waals surface area contributed by atoms with Gasteiger partial charge in [0.25, 0.3) is 0 Å². The molecule has 6 heteroatoms. The summed E-state index contributed by atoms with van der Waals surface area (Å²) in [7, 11) is 3.42. The van der Waals surface area contributed by atoms with Crippen molar-refractivity contribution < 1.29 is 9.13 Å². The summed E-state index contributed by atoms with van der Waals surface area (Å²) in [6.45, 7) is 4.67. The highest BCUT2D eigenvalue weighted by Crippen LogP contribution is 2.41. The Morgan fingerprint density at radius 1 is 1.41 bits per heavy atom. The van der Waals surface area contributed by atoms with Gasteiger partial charge in [0.2, 0.25) is 0 Å². The largest absolute Gasteiger partial charge is 0.377 e. The van der Waals surface area contributed by atoms with E-state index in [-0.39, 0.29) is 47.4 Å². The first-order valence-corrected chi connectivity index (χ1v) is 7.23. The van der Waals surface area contributed by atoms with Gasteiger partial charge < -0.3 is 15.4 Å². The van der Waals surface area contributed by atoms with Crippen LogP contribution in [0, 0.1) is 5.82 Å². The van der Waals surface area contributed by atoms with Crippen LogP contribution in [0.5, 0.6) is 0 Å². The Kier molecular flexibility index (Phi) is 7.05. The Bertz CT molecular complexity index is 522. The highest BCUT2D eigenvalue weighted by molar-refractivity contribution is 14.0. The standard InChI is InChI=1S/C16H24FN3O.HI/c1-16(2,21-4)10-19-15(18-3)20-14-9-12(14)11-7-5-6-8-13(11)17;/h5-8,12,14H,9-10H2,1-4H3,(H2,18,19,20);1H. The molecule has 1 saturated carbocycles. The zero-order valence-corrected chi connectivity index (χ0v) is 15.9. The summed E-state index contributed by atoms with van der Waals surface area (Å²) in [5, 5.41) is 6.57. The van der Waals surface area contributed by atoms with Crippen LogP contribution in [0.3, 0.4) is 0 Å². The van der Waals surface area contributed by atoms with E-state index in [9.17, 15) is 4.39 Å². The van der Waals surface area contributed by atoms with E-state index in [1.807, 2.05) is 26.0 Å². The summed E-state index contributed by atoms with van der Waals surface area (Å²) in [6, 6.07) is 7.20. The minimum Gasteiger partial charge on any atom is -0.377 e. The third-order valence-electron chi connectivity index (χ3n) is 3.87. The number of ether oxygens (including phenoxy) is 1. The minimum absolute atomic E-state index is 0. The lowest BCUT2D eigenvalue weighted by Gasteiger charge is -2.24. The van der Waals surface area contributed by atoms with Gasteiger partial charge in [-0.15, -0.1) is 24.0 Å². The Balaban J connectivity index is 0.00000242. The molecule has 0 spiro atoms. The SMILES string of the molecule is CN=C(NCC(C)(C)OC)NC1CC1c1ccccc1F.I. The predicted molar refractivity (Wildman–Crippen MR) is 98.5 cm³/mol. The molecule has 4 nitrogen and oxygen atoms in total. The molecule has 2 atom stereocenters. The molecule has 2 unspecified atom stereocenters. The Morgan fingerprint density at radius 2 is 2.09 bits per heavy atom. The quantitative estimate of drug-likeness (QED) is 0.437. The lowest BCUT2D eigenvalue weighted by Crippen LogP contribution is -2.46. The van der Waals surface area contributed by atoms with E-state index in [0.717, 1.165) is 17.9 Å². The number of rotatable bonds is 5. The van der Waals surface area contributed by atoms with E-state index < -0.39 is 0 Å². The van der Waals surface area contributed by atoms with Gasteiger partial charge in [-0.2, -0.15) is 0 Å². The predicted octanol–water partition coefficient (Wildman–Crippen LogP) is 2.89. The van der Waals surface area contributed by atoms with Crippen molar-refractivity contribution in [3.05, 3.63) is 35.6 Å². The van der Waals surface area contributed by atoms with Gasteiger partial charge in [-0.05, 0) is 31.9 Å². The molecule has 0 radical (unpaired) electrons. The van der Waals surface area contributed by atoms with Crippen LogP contribution in [0.1, 0.15) is 31.7 Å². The molecule has 1 aromatic rings. The van der Waals surface area contributed by atoms with Crippen LogP contribution in [-0.2, 0) is 4.74 Å². The first-order chi connectivity index (χ1) is 9.96. The second-order valence-corrected chi connectivity index (χ2v) is 6.00. The van der Waals surface area contributed by atoms with E-state index >= 15 is 0 Å². The first-order valence-electron chi connectivity index (χ1n) is 7.23. The third kappa shape index (κ3) is 5.08. The summed E-state index contributed by atoms with van der Waals surface area (Å²) in [6.07, 6.45) is 0.926. The smallest absolute Gasteiger partial charge is 0.191 e. The third-order valence-corrected chi connectivity index (χ3v) is 3.87. The van der Waals surface area contributed by atoms with E-state index in [0.29, 0.717) is 6.54 Å². The number of methoxy groups -OCH3 is 1. The van der Waals surface area contributed by atoms with Gasteiger partial charge in [0.1, 0.15) is 5.82 Å². The van der Waals surface area contributed by atoms with Gasteiger partial charge in [0.15, 0.2) is 5.96 Å². The fourth-order valence-corrected chi connectivity index (χ4v) is 2.21. The van der Waals surface area contributed by atoms with E-state index in [1.54, 1.807) is 20.2 Å². The van der Waals surface area contributed by atoms with Gasteiger partial charge in [-0.3, -0.25) is 4.99 Å². The normalized spacial score (nSPS) is 21.0. The maximum absolute atomic E-state index is 13.7. The molecule has 0 aromatic heterocycles. The average molecular weight is 421 g/mol. The average Bonchev–Trinajstić information content (AvgIpc) is 3.23. The summed E-state index contributed by atoms with van der Waals surface area (Å²) in [4.78, 5) is 4.20. The maximum atomic E-state index is 13.7. The summed E-state index contributed by atoms with van der Waals surface area (Å²) >= 11 is 0. The number of guanidine groups is 1.